The topological polar surface area (TPSA) is 146 Å². The lowest BCUT2D eigenvalue weighted by Gasteiger charge is -2.36. The van der Waals surface area contributed by atoms with Gasteiger partial charge in [-0.15, -0.1) is 4.40 Å². The van der Waals surface area contributed by atoms with Gasteiger partial charge in [-0.25, -0.2) is 4.98 Å². The van der Waals surface area contributed by atoms with Gasteiger partial charge in [-0.1, -0.05) is 49.6 Å². The minimum Gasteiger partial charge on any atom is -0.438 e. The molecule has 11 nitrogen and oxygen atoms in total. The Kier molecular flexibility index (Phi) is 10.7. The molecule has 2 fully saturated rings. The first-order valence-corrected chi connectivity index (χ1v) is 16.6. The minimum atomic E-state index is -3.97. The highest BCUT2D eigenvalue weighted by Gasteiger charge is 2.30. The molecule has 1 saturated carbocycles. The number of nitrogens with zero attached hydrogens (tertiary/aromatic N) is 3. The van der Waals surface area contributed by atoms with Gasteiger partial charge >= 0.3 is 0 Å². The number of guanidine groups is 1. The van der Waals surface area contributed by atoms with E-state index in [1.165, 1.54) is 12.1 Å². The van der Waals surface area contributed by atoms with Crippen LogP contribution in [-0.4, -0.2) is 74.2 Å². The van der Waals surface area contributed by atoms with E-state index in [0.29, 0.717) is 56.8 Å². The van der Waals surface area contributed by atoms with E-state index in [1.54, 1.807) is 18.2 Å². The van der Waals surface area contributed by atoms with E-state index in [1.807, 2.05) is 29.2 Å². The number of hydrogen-bond acceptors (Lipinski definition) is 7. The number of benzene rings is 2. The van der Waals surface area contributed by atoms with Crippen LogP contribution in [0.3, 0.4) is 0 Å². The summed E-state index contributed by atoms with van der Waals surface area (Å²) in [4.78, 5) is 19.5. The van der Waals surface area contributed by atoms with Gasteiger partial charge in [-0.3, -0.25) is 4.79 Å². The molecule has 1 saturated heterocycles. The molecule has 3 N–H and O–H groups in total. The second-order valence-electron chi connectivity index (χ2n) is 11.2. The van der Waals surface area contributed by atoms with E-state index in [-0.39, 0.29) is 41.0 Å². The number of carbonyl (C=O) groups is 1. The van der Waals surface area contributed by atoms with Crippen LogP contribution in [0, 0.1) is 5.92 Å². The molecule has 0 spiro atoms. The summed E-state index contributed by atoms with van der Waals surface area (Å²) in [6, 6.07) is 15.2. The van der Waals surface area contributed by atoms with Crippen molar-refractivity contribution >= 4 is 33.0 Å². The molecule has 1 unspecified atom stereocenters. The Bertz CT molecular complexity index is 1430. The number of carbonyl (C=O) groups excluding carboxylic acids is 1. The van der Waals surface area contributed by atoms with E-state index >= 15 is 0 Å². The summed E-state index contributed by atoms with van der Waals surface area (Å²) in [6.07, 6.45) is 5.49. The van der Waals surface area contributed by atoms with Gasteiger partial charge in [-0.05, 0) is 55.9 Å². The molecule has 2 atom stereocenters. The van der Waals surface area contributed by atoms with Gasteiger partial charge in [0.05, 0.1) is 18.1 Å². The smallest absolute Gasteiger partial charge is 0.285 e. The number of aliphatic hydroxyl groups is 1. The standard InChI is InChI=1S/C31H41N5O6S/c37-27(30-33-25-14-7-8-16-28(25)42-30)15-9-17-32-29(38)22-26(23-10-3-1-4-11-23)34-31(36-18-20-41-21-19-36)35-43(39,40)24-12-5-2-6-13-24/h2,5-8,12-14,16,23,26-27,37H,1,3-4,9-11,15,17-22H2,(H,32,38)(H,34,35)/t26?,27-/m0/s1. The van der Waals surface area contributed by atoms with Crippen LogP contribution in [0.15, 0.2) is 68.3 Å². The van der Waals surface area contributed by atoms with E-state index in [9.17, 15) is 18.3 Å². The van der Waals surface area contributed by atoms with Gasteiger partial charge < -0.3 is 29.8 Å². The molecular formula is C31H41N5O6S. The summed E-state index contributed by atoms with van der Waals surface area (Å²) in [5.41, 5.74) is 1.32. The molecule has 1 aliphatic heterocycles. The van der Waals surface area contributed by atoms with E-state index in [2.05, 4.69) is 20.0 Å². The van der Waals surface area contributed by atoms with Crippen molar-refractivity contribution in [2.24, 2.45) is 10.3 Å². The minimum absolute atomic E-state index is 0.120. The molecule has 1 aromatic heterocycles. The van der Waals surface area contributed by atoms with E-state index < -0.39 is 16.1 Å². The third-order valence-electron chi connectivity index (χ3n) is 8.07. The van der Waals surface area contributed by atoms with Crippen LogP contribution in [0.5, 0.6) is 0 Å². The number of sulfonamides is 1. The van der Waals surface area contributed by atoms with Crippen LogP contribution < -0.4 is 10.6 Å². The number of oxazole rings is 1. The highest BCUT2D eigenvalue weighted by molar-refractivity contribution is 7.90. The number of morpholine rings is 1. The first-order chi connectivity index (χ1) is 20.9. The van der Waals surface area contributed by atoms with Crippen molar-refractivity contribution in [3.05, 3.63) is 60.5 Å². The van der Waals surface area contributed by atoms with Crippen molar-refractivity contribution in [3.63, 3.8) is 0 Å². The second kappa shape index (κ2) is 14.8. The fourth-order valence-electron chi connectivity index (χ4n) is 5.70. The van der Waals surface area contributed by atoms with Gasteiger partial charge in [0, 0.05) is 32.1 Å². The van der Waals surface area contributed by atoms with Crippen LogP contribution >= 0.6 is 0 Å². The maximum atomic E-state index is 13.3. The number of rotatable bonds is 11. The number of amides is 1. The van der Waals surface area contributed by atoms with Gasteiger partial charge in [0.25, 0.3) is 10.0 Å². The molecule has 0 bridgehead atoms. The summed E-state index contributed by atoms with van der Waals surface area (Å²) in [7, 11) is -3.97. The molecule has 43 heavy (non-hydrogen) atoms. The molecule has 2 aromatic carbocycles. The Labute approximate surface area is 252 Å². The molecule has 5 rings (SSSR count). The zero-order valence-electron chi connectivity index (χ0n) is 24.4. The first kappa shape index (κ1) is 31.0. The number of nitrogens with one attached hydrogen (secondary N) is 2. The van der Waals surface area contributed by atoms with Gasteiger partial charge in [0.1, 0.15) is 11.6 Å². The van der Waals surface area contributed by atoms with Crippen molar-refractivity contribution < 1.29 is 27.5 Å². The Morgan fingerprint density at radius 2 is 1.77 bits per heavy atom. The van der Waals surface area contributed by atoms with Gasteiger partial charge in [-0.2, -0.15) is 8.42 Å². The lowest BCUT2D eigenvalue weighted by Crippen LogP contribution is -2.53. The number of hydrogen-bond donors (Lipinski definition) is 3. The lowest BCUT2D eigenvalue weighted by atomic mass is 9.82. The first-order valence-electron chi connectivity index (χ1n) is 15.2. The van der Waals surface area contributed by atoms with Crippen molar-refractivity contribution in [3.8, 4) is 0 Å². The summed E-state index contributed by atoms with van der Waals surface area (Å²) in [5.74, 6) is 0.615. The number of aromatic nitrogens is 1. The Morgan fingerprint density at radius 3 is 2.51 bits per heavy atom. The SMILES string of the molecule is O=C(CC(NC(=NS(=O)(=O)c1ccccc1)N1CCOCC1)C1CCCCC1)NCCC[C@H](O)c1nc2ccccc2o1. The molecule has 1 amide bonds. The van der Waals surface area contributed by atoms with Crippen molar-refractivity contribution in [1.82, 2.24) is 20.5 Å². The van der Waals surface area contributed by atoms with Crippen LogP contribution in [0.2, 0.25) is 0 Å². The normalized spacial score (nSPS) is 18.3. The maximum absolute atomic E-state index is 13.3. The third kappa shape index (κ3) is 8.55. The predicted octanol–water partition coefficient (Wildman–Crippen LogP) is 3.76. The lowest BCUT2D eigenvalue weighted by molar-refractivity contribution is -0.121. The van der Waals surface area contributed by atoms with Crippen molar-refractivity contribution in [2.75, 3.05) is 32.8 Å². The zero-order chi connectivity index (χ0) is 30.1. The van der Waals surface area contributed by atoms with Crippen LogP contribution in [-0.2, 0) is 19.6 Å². The predicted molar refractivity (Wildman–Crippen MR) is 163 cm³/mol. The average Bonchev–Trinajstić information content (AvgIpc) is 3.48. The van der Waals surface area contributed by atoms with Crippen molar-refractivity contribution in [2.45, 2.75) is 68.4 Å². The summed E-state index contributed by atoms with van der Waals surface area (Å²) < 4.78 is 41.9. The highest BCUT2D eigenvalue weighted by atomic mass is 32.2. The summed E-state index contributed by atoms with van der Waals surface area (Å²) >= 11 is 0. The summed E-state index contributed by atoms with van der Waals surface area (Å²) in [5, 5.41) is 16.9. The highest BCUT2D eigenvalue weighted by Crippen LogP contribution is 2.28. The maximum Gasteiger partial charge on any atom is 0.285 e. The zero-order valence-corrected chi connectivity index (χ0v) is 25.2. The van der Waals surface area contributed by atoms with Gasteiger partial charge in [0.2, 0.25) is 17.8 Å². The third-order valence-corrected chi connectivity index (χ3v) is 9.35. The number of ether oxygens (including phenoxy) is 1. The number of fused-ring (bicyclic) bond motifs is 1. The molecule has 232 valence electrons. The van der Waals surface area contributed by atoms with Crippen LogP contribution in [0.25, 0.3) is 11.1 Å². The van der Waals surface area contributed by atoms with Crippen LogP contribution in [0.4, 0.5) is 0 Å². The molecule has 0 radical (unpaired) electrons. The average molecular weight is 612 g/mol. The molecule has 1 aliphatic carbocycles. The molecule has 2 heterocycles. The van der Waals surface area contributed by atoms with Gasteiger partial charge in [0.15, 0.2) is 5.58 Å². The largest absolute Gasteiger partial charge is 0.438 e. The quantitative estimate of drug-likeness (QED) is 0.168. The second-order valence-corrected chi connectivity index (χ2v) is 12.8. The van der Waals surface area contributed by atoms with E-state index in [0.717, 1.165) is 32.1 Å². The van der Waals surface area contributed by atoms with Crippen LogP contribution in [0.1, 0.15) is 63.4 Å². The summed E-state index contributed by atoms with van der Waals surface area (Å²) in [6.45, 7) is 2.33. The number of aliphatic hydroxyl groups excluding tert-OH is 1. The molecule has 12 heteroatoms. The Balaban J connectivity index is 1.23. The molecule has 3 aromatic rings. The fraction of sp³-hybridized carbons (Fsp3) is 0.516. The van der Waals surface area contributed by atoms with Crippen molar-refractivity contribution in [1.29, 1.82) is 0 Å². The molecular weight excluding hydrogens is 570 g/mol. The monoisotopic (exact) mass is 611 g/mol. The molecule has 2 aliphatic rings. The number of para-hydroxylation sites is 2. The Morgan fingerprint density at radius 1 is 1.05 bits per heavy atom. The fourth-order valence-corrected chi connectivity index (χ4v) is 6.70. The van der Waals surface area contributed by atoms with E-state index in [4.69, 9.17) is 9.15 Å². The Hall–Kier alpha value is -3.48.